The van der Waals surface area contributed by atoms with Crippen molar-refractivity contribution < 1.29 is 41.0 Å². The van der Waals surface area contributed by atoms with Gasteiger partial charge in [0, 0.05) is 47.1 Å². The predicted molar refractivity (Wildman–Crippen MR) is 60.9 cm³/mol. The van der Waals surface area contributed by atoms with Gasteiger partial charge in [-0.15, -0.1) is 0 Å². The second-order valence-electron chi connectivity index (χ2n) is 4.16. The zero-order chi connectivity index (χ0) is 10.9. The topological polar surface area (TPSA) is 42.4 Å². The van der Waals surface area contributed by atoms with Crippen LogP contribution in [0.5, 0.6) is 5.88 Å². The molecule has 0 aliphatic heterocycles. The first-order valence-electron chi connectivity index (χ1n) is 5.02. The summed E-state index contributed by atoms with van der Waals surface area (Å²) in [6.07, 6.45) is 2.11. The molecule has 0 radical (unpaired) electrons. The fraction of sp³-hybridized carbons (Fsp3) is 0.545. The third-order valence-corrected chi connectivity index (χ3v) is 3.65. The first kappa shape index (κ1) is 14.5. The van der Waals surface area contributed by atoms with Gasteiger partial charge >= 0.3 is 0 Å². The van der Waals surface area contributed by atoms with E-state index in [0.717, 1.165) is 23.0 Å². The van der Waals surface area contributed by atoms with E-state index in [0.29, 0.717) is 12.5 Å². The van der Waals surface area contributed by atoms with E-state index >= 15 is 0 Å². The van der Waals surface area contributed by atoms with Crippen LogP contribution in [0.4, 0.5) is 0 Å². The third kappa shape index (κ3) is 3.47. The van der Waals surface area contributed by atoms with Crippen molar-refractivity contribution in [2.75, 3.05) is 13.2 Å². The van der Waals surface area contributed by atoms with Crippen LogP contribution < -0.4 is 4.74 Å². The number of aryl methyl sites for hydroxylation is 1. The van der Waals surface area contributed by atoms with Crippen molar-refractivity contribution >= 4 is 15.9 Å². The summed E-state index contributed by atoms with van der Waals surface area (Å²) in [6, 6.07) is 3.76. The van der Waals surface area contributed by atoms with Gasteiger partial charge in [-0.1, -0.05) is 0 Å². The Labute approximate surface area is 127 Å². The number of halogens is 1. The van der Waals surface area contributed by atoms with Gasteiger partial charge in [-0.3, -0.25) is 0 Å². The van der Waals surface area contributed by atoms with Crippen LogP contribution in [-0.2, 0) is 0 Å². The fourth-order valence-electron chi connectivity index (χ4n) is 1.35. The van der Waals surface area contributed by atoms with Gasteiger partial charge in [-0.2, -0.15) is 0 Å². The summed E-state index contributed by atoms with van der Waals surface area (Å²) in [7, 11) is 0. The molecule has 5 heteroatoms. The molecule has 86 valence electrons. The molecule has 1 aromatic rings. The number of aromatic nitrogens is 1. The summed E-state index contributed by atoms with van der Waals surface area (Å²) in [5.41, 5.74) is 0.934. The summed E-state index contributed by atoms with van der Waals surface area (Å²) in [6.45, 7) is 2.70. The Morgan fingerprint density at radius 1 is 1.50 bits per heavy atom. The molecule has 0 atom stereocenters. The van der Waals surface area contributed by atoms with Crippen LogP contribution >= 0.6 is 15.9 Å². The molecule has 1 aliphatic rings. The molecule has 0 unspecified atom stereocenters. The number of hydrogen-bond donors (Lipinski definition) is 1. The van der Waals surface area contributed by atoms with Crippen LogP contribution in [0.3, 0.4) is 0 Å². The van der Waals surface area contributed by atoms with Gasteiger partial charge in [0.25, 0.3) is 0 Å². The van der Waals surface area contributed by atoms with Crippen molar-refractivity contribution in [3.05, 3.63) is 22.3 Å². The predicted octanol–water partition coefficient (Wildman–Crippen LogP) is 2.30. The van der Waals surface area contributed by atoms with Gasteiger partial charge < -0.3 is 9.84 Å². The second-order valence-corrected chi connectivity index (χ2v) is 5.02. The van der Waals surface area contributed by atoms with Crippen molar-refractivity contribution in [2.45, 2.75) is 19.8 Å². The second kappa shape index (κ2) is 5.86. The minimum absolute atomic E-state index is 0. The third-order valence-electron chi connectivity index (χ3n) is 2.81. The minimum Gasteiger partial charge on any atom is -0.477 e. The van der Waals surface area contributed by atoms with Gasteiger partial charge in [0.15, 0.2) is 0 Å². The van der Waals surface area contributed by atoms with Gasteiger partial charge in [0.1, 0.15) is 0 Å². The molecule has 0 spiro atoms. The zero-order valence-corrected chi connectivity index (χ0v) is 14.9. The summed E-state index contributed by atoms with van der Waals surface area (Å²) in [5, 5.41) is 9.13. The first-order chi connectivity index (χ1) is 7.15. The first-order valence-corrected chi connectivity index (χ1v) is 5.81. The average molecular weight is 510 g/mol. The Morgan fingerprint density at radius 3 is 2.69 bits per heavy atom. The van der Waals surface area contributed by atoms with Crippen molar-refractivity contribution in [3.63, 3.8) is 0 Å². The average Bonchev–Trinajstić information content (AvgIpc) is 3.01. The van der Waals surface area contributed by atoms with E-state index < -0.39 is 0 Å². The Hall–Kier alpha value is 0.442. The molecule has 0 saturated heterocycles. The summed E-state index contributed by atoms with van der Waals surface area (Å²) >= 11 is 3.39. The molecule has 1 aromatic heterocycles. The van der Waals surface area contributed by atoms with Crippen LogP contribution in [0.25, 0.3) is 0 Å². The smallest absolute Gasteiger partial charge is 0.213 e. The molecule has 1 heterocycles. The van der Waals surface area contributed by atoms with E-state index in [-0.39, 0.29) is 43.1 Å². The maximum atomic E-state index is 9.13. The monoisotopic (exact) mass is 509 g/mol. The van der Waals surface area contributed by atoms with Crippen molar-refractivity contribution in [1.82, 2.24) is 4.98 Å². The van der Waals surface area contributed by atoms with Gasteiger partial charge in [0.2, 0.25) is 5.88 Å². The molecule has 0 aromatic carbocycles. The van der Waals surface area contributed by atoms with Gasteiger partial charge in [-0.05, 0) is 41.8 Å². The molecule has 1 N–H and O–H groups in total. The number of aliphatic hydroxyl groups is 1. The van der Waals surface area contributed by atoms with E-state index in [4.69, 9.17) is 9.84 Å². The van der Waals surface area contributed by atoms with Gasteiger partial charge in [-0.25, -0.2) is 4.98 Å². The normalized spacial score (nSPS) is 16.4. The maximum absolute atomic E-state index is 9.13. The molecule has 0 bridgehead atoms. The van der Waals surface area contributed by atoms with Crippen LogP contribution in [0.15, 0.2) is 16.6 Å². The van der Waals surface area contributed by atoms with E-state index in [1.165, 1.54) is 0 Å². The zero-order valence-electron chi connectivity index (χ0n) is 9.16. The van der Waals surface area contributed by atoms with Crippen LogP contribution in [0.2, 0.25) is 0 Å². The number of pyridine rings is 1. The summed E-state index contributed by atoms with van der Waals surface area (Å²) in [4.78, 5) is 4.29. The van der Waals surface area contributed by atoms with E-state index in [9.17, 15) is 0 Å². The van der Waals surface area contributed by atoms with E-state index in [2.05, 4.69) is 20.9 Å². The quantitative estimate of drug-likeness (QED) is 0.677. The van der Waals surface area contributed by atoms with Gasteiger partial charge in [0.05, 0.1) is 18.9 Å². The summed E-state index contributed by atoms with van der Waals surface area (Å²) < 4.78 is 6.55. The largest absolute Gasteiger partial charge is 0.477 e. The van der Waals surface area contributed by atoms with E-state index in [1.807, 2.05) is 19.1 Å². The number of aliphatic hydroxyl groups excluding tert-OH is 1. The molecule has 0 amide bonds. The van der Waals surface area contributed by atoms with Crippen LogP contribution in [-0.4, -0.2) is 23.3 Å². The number of rotatable bonds is 4. The Kier molecular flexibility index (Phi) is 5.31. The maximum Gasteiger partial charge on any atom is 0.213 e. The molecule has 3 nitrogen and oxygen atoms in total. The SMILES string of the molecule is Cc1nc(OCC2(CO)CC2)ccc1Br.[U]. The number of nitrogens with zero attached hydrogens (tertiary/aromatic N) is 1. The summed E-state index contributed by atoms with van der Waals surface area (Å²) in [5.74, 6) is 0.635. The molecule has 2 rings (SSSR count). The van der Waals surface area contributed by atoms with Crippen molar-refractivity contribution in [2.24, 2.45) is 5.41 Å². The molecular formula is C11H14BrNO2U. The fourth-order valence-corrected chi connectivity index (χ4v) is 1.57. The molecule has 16 heavy (non-hydrogen) atoms. The van der Waals surface area contributed by atoms with Crippen molar-refractivity contribution in [1.29, 1.82) is 0 Å². The van der Waals surface area contributed by atoms with Crippen LogP contribution in [0.1, 0.15) is 18.5 Å². The number of ether oxygens (including phenoxy) is 1. The minimum atomic E-state index is 0. The van der Waals surface area contributed by atoms with E-state index in [1.54, 1.807) is 0 Å². The van der Waals surface area contributed by atoms with Crippen LogP contribution in [0, 0.1) is 43.5 Å². The Morgan fingerprint density at radius 2 is 2.19 bits per heavy atom. The number of hydrogen-bond acceptors (Lipinski definition) is 3. The molecule has 1 saturated carbocycles. The Bertz CT molecular complexity index is 369. The Balaban J connectivity index is 0.00000128. The molecular weight excluding hydrogens is 496 g/mol. The molecule has 1 fully saturated rings. The standard InChI is InChI=1S/C11H14BrNO2.U/c1-8-9(12)2-3-10(13-8)15-7-11(6-14)4-5-11;/h2-3,14H,4-7H2,1H3;. The molecule has 1 aliphatic carbocycles. The van der Waals surface area contributed by atoms with Crippen molar-refractivity contribution in [3.8, 4) is 5.88 Å².